The maximum absolute atomic E-state index is 7.98. The SMILES string of the molecule is OCCCCl.[Ca+2].[H-].[H-]. The van der Waals surface area contributed by atoms with Gasteiger partial charge >= 0.3 is 37.7 Å². The minimum atomic E-state index is 0. The van der Waals surface area contributed by atoms with Crippen molar-refractivity contribution in [2.45, 2.75) is 6.42 Å². The average Bonchev–Trinajstić information content (AvgIpc) is 1.41. The minimum Gasteiger partial charge on any atom is -1.00 e. The number of alkyl halides is 1. The van der Waals surface area contributed by atoms with Gasteiger partial charge in [-0.1, -0.05) is 0 Å². The molecule has 0 rings (SSSR count). The number of halogens is 1. The summed E-state index contributed by atoms with van der Waals surface area (Å²) in [5.41, 5.74) is 0. The van der Waals surface area contributed by atoms with E-state index in [1.54, 1.807) is 0 Å². The van der Waals surface area contributed by atoms with Crippen molar-refractivity contribution in [3.8, 4) is 0 Å². The van der Waals surface area contributed by atoms with Gasteiger partial charge in [-0.2, -0.15) is 0 Å². The standard InChI is InChI=1S/C3H7ClO.Ca.2H/c4-2-1-3-5;;;/h5H,1-3H2;;;/q;+2;2*-1. The maximum Gasteiger partial charge on any atom is 2.00 e. The van der Waals surface area contributed by atoms with Gasteiger partial charge in [-0.05, 0) is 6.42 Å². The van der Waals surface area contributed by atoms with Gasteiger partial charge in [0.1, 0.15) is 0 Å². The average molecular weight is 137 g/mol. The molecule has 0 saturated carbocycles. The normalized spacial score (nSPS) is 7.00. The molecule has 0 fully saturated rings. The fraction of sp³-hybridized carbons (Fsp3) is 1.00. The summed E-state index contributed by atoms with van der Waals surface area (Å²) < 4.78 is 0. The van der Waals surface area contributed by atoms with E-state index in [9.17, 15) is 0 Å². The molecular weight excluding hydrogens is 128 g/mol. The molecule has 1 nitrogen and oxygen atoms in total. The molecule has 36 valence electrons. The Morgan fingerprint density at radius 1 is 1.67 bits per heavy atom. The second-order valence-electron chi connectivity index (χ2n) is 0.766. The molecule has 0 heterocycles. The molecule has 0 aromatic carbocycles. The predicted octanol–water partition coefficient (Wildman–Crippen LogP) is 0.452. The maximum atomic E-state index is 7.98. The van der Waals surface area contributed by atoms with Crippen LogP contribution in [0.2, 0.25) is 0 Å². The van der Waals surface area contributed by atoms with Crippen LogP contribution in [0.15, 0.2) is 0 Å². The number of hydrogen-bond donors (Lipinski definition) is 1. The van der Waals surface area contributed by atoms with Crippen molar-refractivity contribution < 1.29 is 7.96 Å². The second-order valence-corrected chi connectivity index (χ2v) is 1.14. The van der Waals surface area contributed by atoms with E-state index in [1.807, 2.05) is 0 Å². The van der Waals surface area contributed by atoms with Crippen molar-refractivity contribution in [3.05, 3.63) is 0 Å². The van der Waals surface area contributed by atoms with Crippen molar-refractivity contribution in [2.24, 2.45) is 0 Å². The molecule has 6 heavy (non-hydrogen) atoms. The third-order valence-corrected chi connectivity index (χ3v) is 0.559. The van der Waals surface area contributed by atoms with Gasteiger partial charge in [0.15, 0.2) is 0 Å². The Morgan fingerprint density at radius 3 is 2.17 bits per heavy atom. The van der Waals surface area contributed by atoms with Crippen LogP contribution in [-0.4, -0.2) is 55.3 Å². The van der Waals surface area contributed by atoms with Crippen molar-refractivity contribution in [2.75, 3.05) is 12.5 Å². The largest absolute Gasteiger partial charge is 2.00 e. The van der Waals surface area contributed by atoms with Crippen LogP contribution in [0.1, 0.15) is 9.27 Å². The van der Waals surface area contributed by atoms with E-state index in [1.165, 1.54) is 0 Å². The zero-order valence-electron chi connectivity index (χ0n) is 5.65. The van der Waals surface area contributed by atoms with Gasteiger partial charge in [-0.25, -0.2) is 0 Å². The Kier molecular flexibility index (Phi) is 17.0. The fourth-order valence-corrected chi connectivity index (χ4v) is 0.179. The molecule has 0 aliphatic carbocycles. The minimum absolute atomic E-state index is 0. The van der Waals surface area contributed by atoms with Crippen LogP contribution < -0.4 is 0 Å². The first-order valence-electron chi connectivity index (χ1n) is 1.58. The number of aliphatic hydroxyl groups is 1. The van der Waals surface area contributed by atoms with Crippen LogP contribution in [0.3, 0.4) is 0 Å². The molecule has 1 N–H and O–H groups in total. The third kappa shape index (κ3) is 9.10. The second kappa shape index (κ2) is 9.72. The summed E-state index contributed by atoms with van der Waals surface area (Å²) in [5.74, 6) is 0.566. The van der Waals surface area contributed by atoms with Crippen LogP contribution in [0.5, 0.6) is 0 Å². The summed E-state index contributed by atoms with van der Waals surface area (Å²) in [4.78, 5) is 0. The van der Waals surface area contributed by atoms with Gasteiger partial charge in [-0.3, -0.25) is 0 Å². The van der Waals surface area contributed by atoms with Crippen molar-refractivity contribution in [3.63, 3.8) is 0 Å². The molecule has 0 aromatic rings. The Labute approximate surface area is 75.7 Å². The van der Waals surface area contributed by atoms with E-state index in [4.69, 9.17) is 16.7 Å². The summed E-state index contributed by atoms with van der Waals surface area (Å²) in [7, 11) is 0. The Morgan fingerprint density at radius 2 is 2.17 bits per heavy atom. The van der Waals surface area contributed by atoms with Crippen molar-refractivity contribution >= 4 is 49.3 Å². The first-order valence-corrected chi connectivity index (χ1v) is 2.12. The van der Waals surface area contributed by atoms with Gasteiger partial charge in [0.05, 0.1) is 0 Å². The summed E-state index contributed by atoms with van der Waals surface area (Å²) in [6.07, 6.45) is 0.710. The van der Waals surface area contributed by atoms with Crippen LogP contribution in [0.25, 0.3) is 0 Å². The van der Waals surface area contributed by atoms with Crippen molar-refractivity contribution in [1.29, 1.82) is 0 Å². The molecular formula is C3H9CaClO. The van der Waals surface area contributed by atoms with Crippen LogP contribution >= 0.6 is 11.6 Å². The van der Waals surface area contributed by atoms with E-state index in [2.05, 4.69) is 0 Å². The van der Waals surface area contributed by atoms with Gasteiger partial charge in [-0.15, -0.1) is 11.6 Å². The fourth-order valence-electron chi connectivity index (χ4n) is 0.0598. The van der Waals surface area contributed by atoms with Crippen LogP contribution in [0, 0.1) is 0 Å². The van der Waals surface area contributed by atoms with Gasteiger partial charge in [0, 0.05) is 12.5 Å². The molecule has 0 unspecified atom stereocenters. The smallest absolute Gasteiger partial charge is 1.00 e. The third-order valence-electron chi connectivity index (χ3n) is 0.292. The zero-order chi connectivity index (χ0) is 4.12. The quantitative estimate of drug-likeness (QED) is 0.432. The zero-order valence-corrected chi connectivity index (χ0v) is 6.62. The monoisotopic (exact) mass is 136 g/mol. The van der Waals surface area contributed by atoms with E-state index < -0.39 is 0 Å². The van der Waals surface area contributed by atoms with Crippen LogP contribution in [0.4, 0.5) is 0 Å². The van der Waals surface area contributed by atoms with Gasteiger partial charge in [0.2, 0.25) is 0 Å². The van der Waals surface area contributed by atoms with E-state index >= 15 is 0 Å². The molecule has 0 amide bonds. The van der Waals surface area contributed by atoms with Gasteiger partial charge < -0.3 is 7.96 Å². The first kappa shape index (κ1) is 10.5. The molecule has 0 saturated heterocycles. The number of aliphatic hydroxyl groups excluding tert-OH is 1. The molecule has 0 atom stereocenters. The van der Waals surface area contributed by atoms with E-state index in [0.717, 1.165) is 0 Å². The number of hydrogen-bond acceptors (Lipinski definition) is 1. The topological polar surface area (TPSA) is 20.2 Å². The molecule has 0 aromatic heterocycles. The van der Waals surface area contributed by atoms with E-state index in [0.29, 0.717) is 12.3 Å². The van der Waals surface area contributed by atoms with Crippen molar-refractivity contribution in [1.82, 2.24) is 0 Å². The van der Waals surface area contributed by atoms with Crippen LogP contribution in [-0.2, 0) is 0 Å². The Bertz CT molecular complexity index is 24.8. The summed E-state index contributed by atoms with van der Waals surface area (Å²) in [6, 6.07) is 0. The predicted molar refractivity (Wildman–Crippen MR) is 30.4 cm³/mol. The molecule has 3 heteroatoms. The Balaban J connectivity index is -0.0000000267. The summed E-state index contributed by atoms with van der Waals surface area (Å²) in [6.45, 7) is 0.212. The molecule has 0 aliphatic rings. The van der Waals surface area contributed by atoms with E-state index in [-0.39, 0.29) is 47.2 Å². The van der Waals surface area contributed by atoms with Gasteiger partial charge in [0.25, 0.3) is 0 Å². The summed E-state index contributed by atoms with van der Waals surface area (Å²) >= 11 is 5.14. The molecule has 0 aliphatic heterocycles. The number of rotatable bonds is 2. The first-order chi connectivity index (χ1) is 2.41. The molecule has 0 radical (unpaired) electrons. The Hall–Kier alpha value is 1.51. The summed E-state index contributed by atoms with van der Waals surface area (Å²) in [5, 5.41) is 7.98. The molecule has 0 bridgehead atoms. The molecule has 0 spiro atoms.